The van der Waals surface area contributed by atoms with E-state index in [2.05, 4.69) is 0 Å². The monoisotopic (exact) mass is 274 g/mol. The number of nitrogens with two attached hydrogens (primary N) is 1. The van der Waals surface area contributed by atoms with Crippen LogP contribution in [-0.2, 0) is 15.8 Å². The van der Waals surface area contributed by atoms with E-state index in [0.717, 1.165) is 6.42 Å². The molecule has 1 aromatic carbocycles. The Kier molecular flexibility index (Phi) is 3.73. The number of rotatable bonds is 3. The van der Waals surface area contributed by atoms with Crippen LogP contribution in [0.2, 0.25) is 5.02 Å². The first-order valence-electron chi connectivity index (χ1n) is 5.46. The Morgan fingerprint density at radius 2 is 2.12 bits per heavy atom. The first kappa shape index (κ1) is 12.8. The predicted octanol–water partition coefficient (Wildman–Crippen LogP) is 1.20. The van der Waals surface area contributed by atoms with Crippen molar-refractivity contribution in [3.63, 3.8) is 0 Å². The fourth-order valence-corrected chi connectivity index (χ4v) is 3.82. The fourth-order valence-electron chi connectivity index (χ4n) is 1.91. The molecule has 17 heavy (non-hydrogen) atoms. The highest BCUT2D eigenvalue weighted by molar-refractivity contribution is 7.88. The Morgan fingerprint density at radius 1 is 1.41 bits per heavy atom. The molecule has 1 heterocycles. The van der Waals surface area contributed by atoms with Crippen LogP contribution in [0.5, 0.6) is 0 Å². The zero-order chi connectivity index (χ0) is 12.5. The summed E-state index contributed by atoms with van der Waals surface area (Å²) in [5.74, 6) is -0.0562. The van der Waals surface area contributed by atoms with Gasteiger partial charge in [-0.1, -0.05) is 29.8 Å². The van der Waals surface area contributed by atoms with Gasteiger partial charge in [0.05, 0.1) is 5.75 Å². The number of hydrogen-bond donors (Lipinski definition) is 1. The normalized spacial score (nSPS) is 21.9. The second kappa shape index (κ2) is 4.94. The molecule has 1 saturated heterocycles. The van der Waals surface area contributed by atoms with Crippen LogP contribution in [0.3, 0.4) is 0 Å². The van der Waals surface area contributed by atoms with Crippen LogP contribution in [-0.4, -0.2) is 31.9 Å². The lowest BCUT2D eigenvalue weighted by Gasteiger charge is -2.16. The van der Waals surface area contributed by atoms with E-state index < -0.39 is 10.0 Å². The molecular formula is C11H15ClN2O2S. The summed E-state index contributed by atoms with van der Waals surface area (Å²) in [5.41, 5.74) is 6.35. The van der Waals surface area contributed by atoms with Crippen molar-refractivity contribution < 1.29 is 8.42 Å². The van der Waals surface area contributed by atoms with Gasteiger partial charge in [0.1, 0.15) is 0 Å². The third kappa shape index (κ3) is 2.98. The average molecular weight is 275 g/mol. The Hall–Kier alpha value is -0.620. The number of halogens is 1. The van der Waals surface area contributed by atoms with Crippen LogP contribution in [0.15, 0.2) is 24.3 Å². The first-order valence-corrected chi connectivity index (χ1v) is 7.44. The molecule has 6 heteroatoms. The summed E-state index contributed by atoms with van der Waals surface area (Å²) in [5, 5.41) is 0.486. The van der Waals surface area contributed by atoms with E-state index in [1.54, 1.807) is 24.3 Å². The van der Waals surface area contributed by atoms with Crippen LogP contribution in [0, 0.1) is 0 Å². The van der Waals surface area contributed by atoms with E-state index in [-0.39, 0.29) is 11.8 Å². The van der Waals surface area contributed by atoms with E-state index in [1.807, 2.05) is 0 Å². The molecule has 1 aromatic rings. The molecular weight excluding hydrogens is 260 g/mol. The minimum absolute atomic E-state index is 0.0454. The van der Waals surface area contributed by atoms with Crippen LogP contribution >= 0.6 is 11.6 Å². The quantitative estimate of drug-likeness (QED) is 0.901. The SMILES string of the molecule is N[C@H]1CCN(S(=O)(=O)Cc2ccccc2Cl)C1. The lowest BCUT2D eigenvalue weighted by molar-refractivity contribution is 0.471. The van der Waals surface area contributed by atoms with Gasteiger partial charge in [0.25, 0.3) is 0 Å². The summed E-state index contributed by atoms with van der Waals surface area (Å²) in [7, 11) is -3.30. The third-order valence-electron chi connectivity index (χ3n) is 2.88. The second-order valence-electron chi connectivity index (χ2n) is 4.25. The van der Waals surface area contributed by atoms with E-state index in [0.29, 0.717) is 23.7 Å². The standard InChI is InChI=1S/C11H15ClN2O2S/c12-11-4-2-1-3-9(11)8-17(15,16)14-6-5-10(13)7-14/h1-4,10H,5-8,13H2/t10-/m0/s1. The van der Waals surface area contributed by atoms with Gasteiger partial charge in [0.2, 0.25) is 10.0 Å². The molecule has 0 bridgehead atoms. The summed E-state index contributed by atoms with van der Waals surface area (Å²) in [4.78, 5) is 0. The van der Waals surface area contributed by atoms with Crippen LogP contribution < -0.4 is 5.73 Å². The first-order chi connectivity index (χ1) is 7.99. The zero-order valence-corrected chi connectivity index (χ0v) is 10.9. The molecule has 0 aromatic heterocycles. The Morgan fingerprint density at radius 3 is 2.71 bits per heavy atom. The highest BCUT2D eigenvalue weighted by Crippen LogP contribution is 2.21. The minimum atomic E-state index is -3.30. The van der Waals surface area contributed by atoms with Crippen molar-refractivity contribution in [3.8, 4) is 0 Å². The summed E-state index contributed by atoms with van der Waals surface area (Å²) in [6.07, 6.45) is 0.724. The molecule has 0 aliphatic carbocycles. The summed E-state index contributed by atoms with van der Waals surface area (Å²) in [6.45, 7) is 0.917. The van der Waals surface area contributed by atoms with Crippen molar-refractivity contribution in [3.05, 3.63) is 34.9 Å². The van der Waals surface area contributed by atoms with Gasteiger partial charge in [-0.2, -0.15) is 0 Å². The number of hydrogen-bond acceptors (Lipinski definition) is 3. The predicted molar refractivity (Wildman–Crippen MR) is 68.2 cm³/mol. The Labute approximate surface area is 106 Å². The van der Waals surface area contributed by atoms with Crippen LogP contribution in [0.1, 0.15) is 12.0 Å². The molecule has 1 atom stereocenters. The average Bonchev–Trinajstić information content (AvgIpc) is 2.69. The molecule has 4 nitrogen and oxygen atoms in total. The molecule has 1 aliphatic heterocycles. The maximum absolute atomic E-state index is 12.1. The summed E-state index contributed by atoms with van der Waals surface area (Å²) < 4.78 is 25.7. The van der Waals surface area contributed by atoms with Gasteiger partial charge in [0, 0.05) is 24.2 Å². The molecule has 0 unspecified atom stereocenters. The molecule has 0 saturated carbocycles. The van der Waals surface area contributed by atoms with Gasteiger partial charge in [-0.15, -0.1) is 0 Å². The molecule has 1 fully saturated rings. The number of benzene rings is 1. The van der Waals surface area contributed by atoms with Crippen LogP contribution in [0.4, 0.5) is 0 Å². The van der Waals surface area contributed by atoms with Gasteiger partial charge in [-0.05, 0) is 18.1 Å². The van der Waals surface area contributed by atoms with Gasteiger partial charge in [-0.25, -0.2) is 12.7 Å². The largest absolute Gasteiger partial charge is 0.326 e. The highest BCUT2D eigenvalue weighted by Gasteiger charge is 2.29. The second-order valence-corrected chi connectivity index (χ2v) is 6.63. The molecule has 0 amide bonds. The van der Waals surface area contributed by atoms with E-state index in [1.165, 1.54) is 4.31 Å². The Balaban J connectivity index is 2.15. The molecule has 1 aliphatic rings. The Bertz CT molecular complexity index is 504. The minimum Gasteiger partial charge on any atom is -0.326 e. The summed E-state index contributed by atoms with van der Waals surface area (Å²) >= 11 is 5.96. The van der Waals surface area contributed by atoms with E-state index in [9.17, 15) is 8.42 Å². The van der Waals surface area contributed by atoms with Crippen LogP contribution in [0.25, 0.3) is 0 Å². The number of nitrogens with zero attached hydrogens (tertiary/aromatic N) is 1. The lowest BCUT2D eigenvalue weighted by Crippen LogP contribution is -2.32. The topological polar surface area (TPSA) is 63.4 Å². The van der Waals surface area contributed by atoms with Crippen molar-refractivity contribution in [2.24, 2.45) is 5.73 Å². The fraction of sp³-hybridized carbons (Fsp3) is 0.455. The van der Waals surface area contributed by atoms with Crippen molar-refractivity contribution in [1.29, 1.82) is 0 Å². The smallest absolute Gasteiger partial charge is 0.218 e. The van der Waals surface area contributed by atoms with E-state index >= 15 is 0 Å². The molecule has 2 rings (SSSR count). The molecule has 2 N–H and O–H groups in total. The maximum Gasteiger partial charge on any atom is 0.218 e. The van der Waals surface area contributed by atoms with Crippen molar-refractivity contribution in [2.75, 3.05) is 13.1 Å². The van der Waals surface area contributed by atoms with Crippen molar-refractivity contribution in [2.45, 2.75) is 18.2 Å². The van der Waals surface area contributed by atoms with Gasteiger partial charge >= 0.3 is 0 Å². The summed E-state index contributed by atoms with van der Waals surface area (Å²) in [6, 6.07) is 6.95. The van der Waals surface area contributed by atoms with Gasteiger partial charge in [-0.3, -0.25) is 0 Å². The lowest BCUT2D eigenvalue weighted by atomic mass is 10.2. The van der Waals surface area contributed by atoms with Gasteiger partial charge in [0.15, 0.2) is 0 Å². The third-order valence-corrected chi connectivity index (χ3v) is 5.04. The highest BCUT2D eigenvalue weighted by atomic mass is 35.5. The van der Waals surface area contributed by atoms with Crippen molar-refractivity contribution in [1.82, 2.24) is 4.31 Å². The maximum atomic E-state index is 12.1. The van der Waals surface area contributed by atoms with E-state index in [4.69, 9.17) is 17.3 Å². The molecule has 0 spiro atoms. The van der Waals surface area contributed by atoms with Crippen molar-refractivity contribution >= 4 is 21.6 Å². The number of sulfonamides is 1. The molecule has 0 radical (unpaired) electrons. The molecule has 94 valence electrons. The zero-order valence-electron chi connectivity index (χ0n) is 9.34. The van der Waals surface area contributed by atoms with Gasteiger partial charge < -0.3 is 5.73 Å².